The molecule has 0 bridgehead atoms. The molecule has 0 spiro atoms. The van der Waals surface area contributed by atoms with Crippen molar-refractivity contribution in [1.82, 2.24) is 10.2 Å². The highest BCUT2D eigenvalue weighted by Crippen LogP contribution is 2.33. The number of carbonyl (C=O) groups excluding carboxylic acids is 1. The van der Waals surface area contributed by atoms with Crippen LogP contribution in [-0.2, 0) is 12.8 Å². The van der Waals surface area contributed by atoms with E-state index >= 15 is 0 Å². The first-order valence-corrected chi connectivity index (χ1v) is 10.2. The van der Waals surface area contributed by atoms with Crippen LogP contribution in [-0.4, -0.2) is 36.5 Å². The molecule has 128 valence electrons. The van der Waals surface area contributed by atoms with Gasteiger partial charge in [-0.2, -0.15) is 0 Å². The lowest BCUT2D eigenvalue weighted by Gasteiger charge is -2.31. The van der Waals surface area contributed by atoms with E-state index in [9.17, 15) is 4.79 Å². The summed E-state index contributed by atoms with van der Waals surface area (Å²) in [6.45, 7) is 7.95. The zero-order chi connectivity index (χ0) is 16.2. The van der Waals surface area contributed by atoms with Gasteiger partial charge in [-0.05, 0) is 62.6 Å². The van der Waals surface area contributed by atoms with Crippen LogP contribution in [0.5, 0.6) is 0 Å². The number of fused-ring (bicyclic) bond motifs is 1. The molecule has 3 rings (SSSR count). The van der Waals surface area contributed by atoms with Crippen LogP contribution in [0, 0.1) is 5.92 Å². The highest BCUT2D eigenvalue weighted by Gasteiger charge is 2.24. The molecule has 4 heteroatoms. The molecule has 1 aromatic rings. The Morgan fingerprint density at radius 2 is 2.09 bits per heavy atom. The molecule has 1 fully saturated rings. The van der Waals surface area contributed by atoms with E-state index in [1.807, 2.05) is 0 Å². The second-order valence-electron chi connectivity index (χ2n) is 7.17. The summed E-state index contributed by atoms with van der Waals surface area (Å²) in [5.74, 6) is 0.974. The van der Waals surface area contributed by atoms with Crippen molar-refractivity contribution in [3.8, 4) is 0 Å². The molecule has 0 saturated carbocycles. The van der Waals surface area contributed by atoms with Gasteiger partial charge in [-0.1, -0.05) is 20.3 Å². The molecule has 1 amide bonds. The maximum absolute atomic E-state index is 12.6. The fraction of sp³-hybridized carbons (Fsp3) is 0.737. The van der Waals surface area contributed by atoms with Gasteiger partial charge in [-0.25, -0.2) is 0 Å². The number of hydrogen-bond donors (Lipinski definition) is 1. The van der Waals surface area contributed by atoms with Gasteiger partial charge in [0.2, 0.25) is 0 Å². The number of thiophene rings is 1. The van der Waals surface area contributed by atoms with Gasteiger partial charge in [0.1, 0.15) is 0 Å². The van der Waals surface area contributed by atoms with Crippen LogP contribution in [0.3, 0.4) is 0 Å². The van der Waals surface area contributed by atoms with Gasteiger partial charge in [0, 0.05) is 24.0 Å². The van der Waals surface area contributed by atoms with Gasteiger partial charge in [-0.3, -0.25) is 4.79 Å². The number of piperidine rings is 1. The normalized spacial score (nSPS) is 22.8. The number of amides is 1. The number of aryl methyl sites for hydroxylation is 1. The predicted octanol–water partition coefficient (Wildman–Crippen LogP) is 3.87. The average Bonchev–Trinajstić information content (AvgIpc) is 3.00. The summed E-state index contributed by atoms with van der Waals surface area (Å²) in [5, 5.41) is 3.28. The van der Waals surface area contributed by atoms with Crippen LogP contribution >= 0.6 is 11.3 Å². The zero-order valence-corrected chi connectivity index (χ0v) is 15.4. The minimum atomic E-state index is 0.159. The quantitative estimate of drug-likeness (QED) is 0.886. The topological polar surface area (TPSA) is 32.3 Å². The number of rotatable bonds is 5. The van der Waals surface area contributed by atoms with Crippen LogP contribution in [0.15, 0.2) is 6.07 Å². The van der Waals surface area contributed by atoms with E-state index in [1.54, 1.807) is 11.3 Å². The summed E-state index contributed by atoms with van der Waals surface area (Å²) in [5.41, 5.74) is 1.44. The second-order valence-corrected chi connectivity index (χ2v) is 8.30. The van der Waals surface area contributed by atoms with E-state index < -0.39 is 0 Å². The smallest absolute Gasteiger partial charge is 0.261 e. The standard InChI is InChI=1S/C19H30N2OS/c1-3-9-21-10-7-16(8-11-21)20-19(22)18-13-15-12-14(4-2)5-6-17(15)23-18/h13-14,16H,3-12H2,1-2H3,(H,20,22). The third kappa shape index (κ3) is 4.16. The lowest BCUT2D eigenvalue weighted by Crippen LogP contribution is -2.44. The zero-order valence-electron chi connectivity index (χ0n) is 14.6. The molecule has 2 aliphatic rings. The molecule has 1 N–H and O–H groups in total. The Kier molecular flexibility index (Phi) is 5.76. The average molecular weight is 335 g/mol. The van der Waals surface area contributed by atoms with Gasteiger partial charge < -0.3 is 10.2 Å². The molecule has 1 aliphatic heterocycles. The largest absolute Gasteiger partial charge is 0.349 e. The van der Waals surface area contributed by atoms with Gasteiger partial charge in [0.25, 0.3) is 5.91 Å². The van der Waals surface area contributed by atoms with Crippen molar-refractivity contribution in [3.05, 3.63) is 21.4 Å². The van der Waals surface area contributed by atoms with Gasteiger partial charge >= 0.3 is 0 Å². The fourth-order valence-corrected chi connectivity index (χ4v) is 5.04. The van der Waals surface area contributed by atoms with E-state index in [-0.39, 0.29) is 5.91 Å². The summed E-state index contributed by atoms with van der Waals surface area (Å²) in [6, 6.07) is 2.53. The first-order chi connectivity index (χ1) is 11.2. The number of hydrogen-bond acceptors (Lipinski definition) is 3. The molecule has 2 heterocycles. The van der Waals surface area contributed by atoms with Crippen LogP contribution in [0.1, 0.15) is 66.1 Å². The highest BCUT2D eigenvalue weighted by molar-refractivity contribution is 7.14. The van der Waals surface area contributed by atoms with Crippen molar-refractivity contribution in [3.63, 3.8) is 0 Å². The number of nitrogens with zero attached hydrogens (tertiary/aromatic N) is 1. The maximum atomic E-state index is 12.6. The fourth-order valence-electron chi connectivity index (χ4n) is 3.93. The predicted molar refractivity (Wildman–Crippen MR) is 97.3 cm³/mol. The molecule has 1 aromatic heterocycles. The van der Waals surface area contributed by atoms with Gasteiger partial charge in [-0.15, -0.1) is 11.3 Å². The first kappa shape index (κ1) is 17.0. The van der Waals surface area contributed by atoms with E-state index in [0.717, 1.165) is 36.7 Å². The molecular formula is C19H30N2OS. The Hall–Kier alpha value is -0.870. The number of likely N-dealkylation sites (tertiary alicyclic amines) is 1. The summed E-state index contributed by atoms with van der Waals surface area (Å²) in [7, 11) is 0. The maximum Gasteiger partial charge on any atom is 0.261 e. The molecule has 1 aliphatic carbocycles. The summed E-state index contributed by atoms with van der Waals surface area (Å²) < 4.78 is 0. The third-order valence-electron chi connectivity index (χ3n) is 5.45. The lowest BCUT2D eigenvalue weighted by atomic mass is 9.87. The molecule has 23 heavy (non-hydrogen) atoms. The van der Waals surface area contributed by atoms with Crippen LogP contribution in [0.25, 0.3) is 0 Å². The number of carbonyl (C=O) groups is 1. The van der Waals surface area contributed by atoms with Crippen LogP contribution < -0.4 is 5.32 Å². The van der Waals surface area contributed by atoms with E-state index in [2.05, 4.69) is 30.1 Å². The Bertz CT molecular complexity index is 531. The van der Waals surface area contributed by atoms with E-state index in [0.29, 0.717) is 6.04 Å². The summed E-state index contributed by atoms with van der Waals surface area (Å²) >= 11 is 1.73. The summed E-state index contributed by atoms with van der Waals surface area (Å²) in [6.07, 6.45) is 8.29. The van der Waals surface area contributed by atoms with Gasteiger partial charge in [0.15, 0.2) is 0 Å². The van der Waals surface area contributed by atoms with Crippen LogP contribution in [0.4, 0.5) is 0 Å². The Labute approximate surface area is 144 Å². The minimum Gasteiger partial charge on any atom is -0.349 e. The van der Waals surface area contributed by atoms with Crippen molar-refractivity contribution in [2.45, 2.75) is 64.8 Å². The molecule has 3 nitrogen and oxygen atoms in total. The lowest BCUT2D eigenvalue weighted by molar-refractivity contribution is 0.0915. The molecular weight excluding hydrogens is 304 g/mol. The van der Waals surface area contributed by atoms with Crippen molar-refractivity contribution in [2.24, 2.45) is 5.92 Å². The van der Waals surface area contributed by atoms with Crippen molar-refractivity contribution < 1.29 is 4.79 Å². The summed E-state index contributed by atoms with van der Waals surface area (Å²) in [4.78, 5) is 17.5. The molecule has 0 aromatic carbocycles. The highest BCUT2D eigenvalue weighted by atomic mass is 32.1. The molecule has 1 atom stereocenters. The molecule has 1 unspecified atom stereocenters. The number of nitrogens with one attached hydrogen (secondary N) is 1. The SMILES string of the molecule is CCCN1CCC(NC(=O)c2cc3c(s2)CCC(CC)C3)CC1. The Morgan fingerprint density at radius 3 is 2.78 bits per heavy atom. The Balaban J connectivity index is 1.54. The van der Waals surface area contributed by atoms with Crippen molar-refractivity contribution in [1.29, 1.82) is 0 Å². The van der Waals surface area contributed by atoms with Crippen molar-refractivity contribution in [2.75, 3.05) is 19.6 Å². The minimum absolute atomic E-state index is 0.159. The third-order valence-corrected chi connectivity index (χ3v) is 6.68. The second kappa shape index (κ2) is 7.80. The first-order valence-electron chi connectivity index (χ1n) is 9.34. The van der Waals surface area contributed by atoms with E-state index in [1.165, 1.54) is 49.1 Å². The molecule has 1 saturated heterocycles. The monoisotopic (exact) mass is 334 g/mol. The Morgan fingerprint density at radius 1 is 1.30 bits per heavy atom. The van der Waals surface area contributed by atoms with Crippen molar-refractivity contribution >= 4 is 17.2 Å². The van der Waals surface area contributed by atoms with Crippen LogP contribution in [0.2, 0.25) is 0 Å². The molecule has 0 radical (unpaired) electrons. The van der Waals surface area contributed by atoms with Gasteiger partial charge in [0.05, 0.1) is 4.88 Å². The van der Waals surface area contributed by atoms with E-state index in [4.69, 9.17) is 0 Å².